The minimum Gasteiger partial charge on any atom is -0.396 e. The fourth-order valence-electron chi connectivity index (χ4n) is 3.39. The third kappa shape index (κ3) is 2.40. The molecule has 1 heterocycles. The molecular weight excluding hydrogens is 321 g/mol. The molecule has 1 aromatic carbocycles. The Morgan fingerprint density at radius 3 is 2.60 bits per heavy atom. The Hall–Kier alpha value is -0.870. The van der Waals surface area contributed by atoms with E-state index in [1.165, 1.54) is 5.69 Å². The Balaban J connectivity index is 1.94. The van der Waals surface area contributed by atoms with Crippen molar-refractivity contribution in [3.05, 3.63) is 34.2 Å². The highest BCUT2D eigenvalue weighted by molar-refractivity contribution is 9.10. The van der Waals surface area contributed by atoms with Gasteiger partial charge in [0.1, 0.15) is 5.82 Å². The predicted octanol–water partition coefficient (Wildman–Crippen LogP) is 4.35. The summed E-state index contributed by atoms with van der Waals surface area (Å²) in [6, 6.07) is 5.64. The van der Waals surface area contributed by atoms with Crippen LogP contribution >= 0.6 is 15.9 Å². The van der Waals surface area contributed by atoms with Gasteiger partial charge in [0, 0.05) is 24.7 Å². The van der Waals surface area contributed by atoms with Crippen LogP contribution in [0.15, 0.2) is 22.7 Å². The maximum Gasteiger partial charge on any atom is 0.139 e. The van der Waals surface area contributed by atoms with Crippen molar-refractivity contribution in [2.45, 2.75) is 31.6 Å². The van der Waals surface area contributed by atoms with Crippen molar-refractivity contribution in [2.75, 3.05) is 6.61 Å². The molecule has 3 rings (SSSR count). The van der Waals surface area contributed by atoms with Crippen molar-refractivity contribution in [3.63, 3.8) is 0 Å². The molecule has 1 saturated carbocycles. The van der Waals surface area contributed by atoms with Gasteiger partial charge >= 0.3 is 0 Å². The maximum atomic E-state index is 13.7. The largest absolute Gasteiger partial charge is 0.396 e. The van der Waals surface area contributed by atoms with E-state index in [9.17, 15) is 9.50 Å². The average Bonchev–Trinajstić information content (AvgIpc) is 2.77. The molecular formula is C16H19BrFNO. The summed E-state index contributed by atoms with van der Waals surface area (Å²) < 4.78 is 16.3. The summed E-state index contributed by atoms with van der Waals surface area (Å²) in [7, 11) is 2.02. The molecule has 0 spiro atoms. The van der Waals surface area contributed by atoms with E-state index in [0.717, 1.165) is 36.6 Å². The lowest BCUT2D eigenvalue weighted by Crippen LogP contribution is -2.17. The van der Waals surface area contributed by atoms with E-state index in [0.29, 0.717) is 22.9 Å². The van der Waals surface area contributed by atoms with E-state index in [1.54, 1.807) is 6.07 Å². The molecule has 4 heteroatoms. The number of aliphatic hydroxyl groups excluding tert-OH is 1. The normalized spacial score (nSPS) is 23.4. The Labute approximate surface area is 126 Å². The zero-order valence-electron chi connectivity index (χ0n) is 11.6. The summed E-state index contributed by atoms with van der Waals surface area (Å²) >= 11 is 3.25. The molecule has 1 aromatic heterocycles. The van der Waals surface area contributed by atoms with Crippen LogP contribution in [0.2, 0.25) is 0 Å². The third-order valence-electron chi connectivity index (χ3n) is 4.64. The molecule has 0 bridgehead atoms. The number of rotatable bonds is 2. The molecule has 1 aliphatic carbocycles. The second-order valence-corrected chi connectivity index (χ2v) is 6.71. The van der Waals surface area contributed by atoms with Gasteiger partial charge in [-0.1, -0.05) is 0 Å². The number of aromatic nitrogens is 1. The molecule has 1 aliphatic rings. The number of hydrogen-bond donors (Lipinski definition) is 1. The fourth-order valence-corrected chi connectivity index (χ4v) is 3.75. The zero-order valence-corrected chi connectivity index (χ0v) is 13.2. The van der Waals surface area contributed by atoms with Crippen molar-refractivity contribution >= 4 is 26.8 Å². The summed E-state index contributed by atoms with van der Waals surface area (Å²) in [5.74, 6) is 0.777. The molecule has 0 atom stereocenters. The Morgan fingerprint density at radius 2 is 1.95 bits per heavy atom. The molecule has 0 amide bonds. The first-order valence-corrected chi connectivity index (χ1v) is 7.94. The van der Waals surface area contributed by atoms with Crippen LogP contribution in [-0.2, 0) is 7.05 Å². The van der Waals surface area contributed by atoms with Crippen LogP contribution in [0, 0.1) is 11.7 Å². The maximum absolute atomic E-state index is 13.7. The third-order valence-corrected chi connectivity index (χ3v) is 5.25. The quantitative estimate of drug-likeness (QED) is 0.864. The van der Waals surface area contributed by atoms with Gasteiger partial charge in [-0.25, -0.2) is 4.39 Å². The van der Waals surface area contributed by atoms with Gasteiger partial charge in [-0.15, -0.1) is 0 Å². The second-order valence-electron chi connectivity index (χ2n) is 5.85. The monoisotopic (exact) mass is 339 g/mol. The molecule has 0 aliphatic heterocycles. The first-order valence-electron chi connectivity index (χ1n) is 7.15. The fraction of sp³-hybridized carbons (Fsp3) is 0.500. The SMILES string of the molecule is Cn1c2cc(F)c(Br)cc2cc1[C@H]1CC[C@H](CO)CC1. The van der Waals surface area contributed by atoms with E-state index >= 15 is 0 Å². The van der Waals surface area contributed by atoms with Gasteiger partial charge in [-0.3, -0.25) is 0 Å². The van der Waals surface area contributed by atoms with Crippen molar-refractivity contribution in [2.24, 2.45) is 13.0 Å². The summed E-state index contributed by atoms with van der Waals surface area (Å²) in [5, 5.41) is 10.3. The summed E-state index contributed by atoms with van der Waals surface area (Å²) in [4.78, 5) is 0. The lowest BCUT2D eigenvalue weighted by molar-refractivity contribution is 0.181. The van der Waals surface area contributed by atoms with Crippen LogP contribution in [0.4, 0.5) is 4.39 Å². The molecule has 0 saturated heterocycles. The van der Waals surface area contributed by atoms with Crippen LogP contribution in [0.25, 0.3) is 10.9 Å². The van der Waals surface area contributed by atoms with Crippen molar-refractivity contribution < 1.29 is 9.50 Å². The summed E-state index contributed by atoms with van der Waals surface area (Å²) in [5.41, 5.74) is 2.24. The standard InChI is InChI=1S/C16H19BrFNO/c1-19-15(11-4-2-10(9-20)3-5-11)7-12-6-13(17)14(18)8-16(12)19/h6-8,10-11,20H,2-5,9H2,1H3/t10-,11-. The van der Waals surface area contributed by atoms with E-state index in [1.807, 2.05) is 13.1 Å². The molecule has 1 fully saturated rings. The minimum absolute atomic E-state index is 0.214. The highest BCUT2D eigenvalue weighted by atomic mass is 79.9. The van der Waals surface area contributed by atoms with E-state index < -0.39 is 0 Å². The van der Waals surface area contributed by atoms with Gasteiger partial charge in [0.05, 0.1) is 9.99 Å². The summed E-state index contributed by atoms with van der Waals surface area (Å²) in [6.45, 7) is 0.306. The lowest BCUT2D eigenvalue weighted by atomic mass is 9.81. The highest BCUT2D eigenvalue weighted by Gasteiger charge is 2.24. The number of nitrogens with zero attached hydrogens (tertiary/aromatic N) is 1. The van der Waals surface area contributed by atoms with Crippen molar-refractivity contribution in [1.29, 1.82) is 0 Å². The molecule has 108 valence electrons. The van der Waals surface area contributed by atoms with E-state index in [2.05, 4.69) is 26.6 Å². The lowest BCUT2D eigenvalue weighted by Gasteiger charge is -2.27. The van der Waals surface area contributed by atoms with Gasteiger partial charge in [-0.05, 0) is 71.6 Å². The van der Waals surface area contributed by atoms with Crippen LogP contribution in [-0.4, -0.2) is 16.3 Å². The number of benzene rings is 1. The highest BCUT2D eigenvalue weighted by Crippen LogP contribution is 2.38. The number of fused-ring (bicyclic) bond motifs is 1. The minimum atomic E-state index is -0.214. The van der Waals surface area contributed by atoms with Gasteiger partial charge in [0.2, 0.25) is 0 Å². The predicted molar refractivity (Wildman–Crippen MR) is 82.4 cm³/mol. The molecule has 0 unspecified atom stereocenters. The van der Waals surface area contributed by atoms with Crippen molar-refractivity contribution in [3.8, 4) is 0 Å². The summed E-state index contributed by atoms with van der Waals surface area (Å²) in [6.07, 6.45) is 4.39. The number of aliphatic hydroxyl groups is 1. The van der Waals surface area contributed by atoms with Crippen LogP contribution in [0.5, 0.6) is 0 Å². The van der Waals surface area contributed by atoms with Gasteiger partial charge in [-0.2, -0.15) is 0 Å². The smallest absolute Gasteiger partial charge is 0.139 e. The zero-order chi connectivity index (χ0) is 14.3. The van der Waals surface area contributed by atoms with Gasteiger partial charge in [0.25, 0.3) is 0 Å². The van der Waals surface area contributed by atoms with Crippen LogP contribution < -0.4 is 0 Å². The van der Waals surface area contributed by atoms with Crippen LogP contribution in [0.3, 0.4) is 0 Å². The molecule has 1 N–H and O–H groups in total. The van der Waals surface area contributed by atoms with Crippen molar-refractivity contribution in [1.82, 2.24) is 4.57 Å². The molecule has 20 heavy (non-hydrogen) atoms. The van der Waals surface area contributed by atoms with E-state index in [4.69, 9.17) is 0 Å². The second kappa shape index (κ2) is 5.49. The average molecular weight is 340 g/mol. The molecule has 2 aromatic rings. The molecule has 2 nitrogen and oxygen atoms in total. The first kappa shape index (κ1) is 14.1. The Morgan fingerprint density at radius 1 is 1.25 bits per heavy atom. The van der Waals surface area contributed by atoms with Gasteiger partial charge in [0.15, 0.2) is 0 Å². The number of halogens is 2. The van der Waals surface area contributed by atoms with Gasteiger partial charge < -0.3 is 9.67 Å². The Kier molecular flexibility index (Phi) is 3.87. The Bertz CT molecular complexity index is 629. The van der Waals surface area contributed by atoms with Crippen LogP contribution in [0.1, 0.15) is 37.3 Å². The first-order chi connectivity index (χ1) is 9.60. The molecule has 0 radical (unpaired) electrons. The van der Waals surface area contributed by atoms with E-state index in [-0.39, 0.29) is 5.82 Å². The number of hydrogen-bond acceptors (Lipinski definition) is 1. The topological polar surface area (TPSA) is 25.2 Å². The number of aryl methyl sites for hydroxylation is 1.